The van der Waals surface area contributed by atoms with Gasteiger partial charge in [0.15, 0.2) is 0 Å². The van der Waals surface area contributed by atoms with Crippen LogP contribution in [0.2, 0.25) is 0 Å². The van der Waals surface area contributed by atoms with Gasteiger partial charge in [0.2, 0.25) is 0 Å². The van der Waals surface area contributed by atoms with Gasteiger partial charge in [-0.3, -0.25) is 4.98 Å². The Bertz CT molecular complexity index is 3360. The van der Waals surface area contributed by atoms with Crippen LogP contribution in [-0.2, 0) is 0 Å². The highest BCUT2D eigenvalue weighted by Crippen LogP contribution is 2.41. The molecule has 0 spiro atoms. The number of fused-ring (bicyclic) bond motifs is 6. The Kier molecular flexibility index (Phi) is 7.53. The standard InChI is InChI=1S/C50H28N6/c51-28-34-9-1-3-11-38(34)32-18-21-48-43(25-32)40-13-5-7-15-46(40)55(48)37-20-17-36(30-53)42(27-37)45-31-54-24-23-50(45)56-47-16-8-6-14-41(47)44-26-33(19-22-49(44)56)39-12-4-2-10-35(39)29-52/h1-27,31H. The molecular formula is C50H28N6. The molecule has 0 saturated heterocycles. The van der Waals surface area contributed by atoms with Gasteiger partial charge in [0.25, 0.3) is 0 Å². The molecule has 0 saturated carbocycles. The van der Waals surface area contributed by atoms with Crippen molar-refractivity contribution in [3.8, 4) is 63.0 Å². The van der Waals surface area contributed by atoms with E-state index in [2.05, 4.69) is 99.1 Å². The molecule has 3 heterocycles. The first-order valence-electron chi connectivity index (χ1n) is 18.2. The number of benzene rings is 7. The second kappa shape index (κ2) is 13.0. The van der Waals surface area contributed by atoms with Gasteiger partial charge in [0.1, 0.15) is 0 Å². The zero-order valence-corrected chi connectivity index (χ0v) is 29.8. The molecule has 10 rings (SSSR count). The summed E-state index contributed by atoms with van der Waals surface area (Å²) < 4.78 is 4.49. The number of nitrogens with zero attached hydrogens (tertiary/aromatic N) is 6. The summed E-state index contributed by atoms with van der Waals surface area (Å²) in [6.45, 7) is 0. The predicted molar refractivity (Wildman–Crippen MR) is 223 cm³/mol. The zero-order chi connectivity index (χ0) is 37.8. The fourth-order valence-corrected chi connectivity index (χ4v) is 8.26. The number of pyridine rings is 1. The summed E-state index contributed by atoms with van der Waals surface area (Å²) in [7, 11) is 0. The van der Waals surface area contributed by atoms with Crippen LogP contribution in [0.25, 0.3) is 88.4 Å². The highest BCUT2D eigenvalue weighted by Gasteiger charge is 2.20. The summed E-state index contributed by atoms with van der Waals surface area (Å²) in [6.07, 6.45) is 3.64. The number of hydrogen-bond donors (Lipinski definition) is 0. The molecule has 0 fully saturated rings. The van der Waals surface area contributed by atoms with E-state index < -0.39 is 0 Å². The van der Waals surface area contributed by atoms with E-state index in [-0.39, 0.29) is 0 Å². The Morgan fingerprint density at radius 1 is 0.393 bits per heavy atom. The first kappa shape index (κ1) is 32.4. The van der Waals surface area contributed by atoms with Crippen molar-refractivity contribution in [2.45, 2.75) is 0 Å². The lowest BCUT2D eigenvalue weighted by Crippen LogP contribution is -2.01. The lowest BCUT2D eigenvalue weighted by Gasteiger charge is -2.16. The SMILES string of the molecule is N#Cc1ccccc1-c1ccc2c(c1)c1ccccc1n2-c1ccc(C#N)c(-c2cnccc2-n2c3ccccc3c3cc(-c4ccccc4C#N)ccc32)c1. The summed E-state index contributed by atoms with van der Waals surface area (Å²) in [5.41, 5.74) is 13.0. The number of hydrogen-bond acceptors (Lipinski definition) is 4. The lowest BCUT2D eigenvalue weighted by atomic mass is 9.98. The highest BCUT2D eigenvalue weighted by atomic mass is 15.0. The molecule has 0 amide bonds. The van der Waals surface area contributed by atoms with E-state index in [1.54, 1.807) is 6.20 Å². The van der Waals surface area contributed by atoms with Gasteiger partial charge < -0.3 is 9.13 Å². The lowest BCUT2D eigenvalue weighted by molar-refractivity contribution is 1.15. The maximum Gasteiger partial charge on any atom is 0.0998 e. The zero-order valence-electron chi connectivity index (χ0n) is 29.8. The summed E-state index contributed by atoms with van der Waals surface area (Å²) in [6, 6.07) is 59.9. The second-order valence-corrected chi connectivity index (χ2v) is 13.7. The van der Waals surface area contributed by atoms with Crippen molar-refractivity contribution in [1.82, 2.24) is 14.1 Å². The quantitative estimate of drug-likeness (QED) is 0.177. The third kappa shape index (κ3) is 4.97. The van der Waals surface area contributed by atoms with Crippen molar-refractivity contribution >= 4 is 43.6 Å². The van der Waals surface area contributed by atoms with Crippen molar-refractivity contribution in [1.29, 1.82) is 15.8 Å². The Hall–Kier alpha value is -8.24. The van der Waals surface area contributed by atoms with Crippen molar-refractivity contribution in [3.05, 3.63) is 187 Å². The molecule has 0 atom stereocenters. The van der Waals surface area contributed by atoms with Gasteiger partial charge in [-0.1, -0.05) is 84.9 Å². The van der Waals surface area contributed by atoms with Crippen LogP contribution in [-0.4, -0.2) is 14.1 Å². The van der Waals surface area contributed by atoms with Crippen molar-refractivity contribution in [3.63, 3.8) is 0 Å². The van der Waals surface area contributed by atoms with Crippen LogP contribution in [0.15, 0.2) is 170 Å². The average Bonchev–Trinajstić information content (AvgIpc) is 3.78. The number of nitriles is 3. The van der Waals surface area contributed by atoms with Crippen LogP contribution in [0.1, 0.15) is 16.7 Å². The molecule has 6 nitrogen and oxygen atoms in total. The van der Waals surface area contributed by atoms with Crippen LogP contribution in [0.4, 0.5) is 0 Å². The molecule has 10 aromatic rings. The molecule has 0 unspecified atom stereocenters. The van der Waals surface area contributed by atoms with E-state index in [1.165, 1.54) is 0 Å². The minimum atomic E-state index is 0.537. The van der Waals surface area contributed by atoms with Crippen molar-refractivity contribution < 1.29 is 0 Å². The predicted octanol–water partition coefficient (Wildman–Crippen LogP) is 11.9. The van der Waals surface area contributed by atoms with Gasteiger partial charge in [0, 0.05) is 50.8 Å². The van der Waals surface area contributed by atoms with E-state index in [9.17, 15) is 15.8 Å². The average molecular weight is 713 g/mol. The molecule has 56 heavy (non-hydrogen) atoms. The fraction of sp³-hybridized carbons (Fsp3) is 0. The Balaban J connectivity index is 1.18. The topological polar surface area (TPSA) is 94.1 Å². The van der Waals surface area contributed by atoms with E-state index in [1.807, 2.05) is 97.2 Å². The molecule has 258 valence electrons. The monoisotopic (exact) mass is 712 g/mol. The smallest absolute Gasteiger partial charge is 0.0998 e. The summed E-state index contributed by atoms with van der Waals surface area (Å²) in [4.78, 5) is 4.60. The van der Waals surface area contributed by atoms with Crippen LogP contribution >= 0.6 is 0 Å². The molecule has 6 heteroatoms. The third-order valence-electron chi connectivity index (χ3n) is 10.8. The van der Waals surface area contributed by atoms with Crippen LogP contribution < -0.4 is 0 Å². The molecule has 0 N–H and O–H groups in total. The van der Waals surface area contributed by atoms with E-state index in [0.29, 0.717) is 16.7 Å². The summed E-state index contributed by atoms with van der Waals surface area (Å²) in [5, 5.41) is 34.6. The number of rotatable bonds is 5. The van der Waals surface area contributed by atoms with Gasteiger partial charge >= 0.3 is 0 Å². The third-order valence-corrected chi connectivity index (χ3v) is 10.8. The van der Waals surface area contributed by atoms with Gasteiger partial charge in [-0.15, -0.1) is 0 Å². The largest absolute Gasteiger partial charge is 0.309 e. The number of para-hydroxylation sites is 2. The normalized spacial score (nSPS) is 11.2. The molecule has 7 aromatic carbocycles. The van der Waals surface area contributed by atoms with Crippen LogP contribution in [0.5, 0.6) is 0 Å². The van der Waals surface area contributed by atoms with Crippen molar-refractivity contribution in [2.24, 2.45) is 0 Å². The maximum atomic E-state index is 10.5. The summed E-state index contributed by atoms with van der Waals surface area (Å²) in [5.74, 6) is 0. The minimum absolute atomic E-state index is 0.537. The molecule has 0 bridgehead atoms. The first-order valence-corrected chi connectivity index (χ1v) is 18.2. The van der Waals surface area contributed by atoms with Gasteiger partial charge in [0.05, 0.1) is 62.7 Å². The van der Waals surface area contributed by atoms with Crippen LogP contribution in [0, 0.1) is 34.0 Å². The molecule has 0 radical (unpaired) electrons. The van der Waals surface area contributed by atoms with E-state index >= 15 is 0 Å². The molecular weight excluding hydrogens is 685 g/mol. The first-order chi connectivity index (χ1) is 27.7. The van der Waals surface area contributed by atoms with Gasteiger partial charge in [-0.05, 0) is 95.1 Å². The maximum absolute atomic E-state index is 10.5. The molecule has 0 aliphatic rings. The Labute approximate surface area is 322 Å². The fourth-order valence-electron chi connectivity index (χ4n) is 8.26. The van der Waals surface area contributed by atoms with E-state index in [0.717, 1.165) is 88.4 Å². The van der Waals surface area contributed by atoms with E-state index in [4.69, 9.17) is 0 Å². The second-order valence-electron chi connectivity index (χ2n) is 13.7. The molecule has 0 aliphatic heterocycles. The van der Waals surface area contributed by atoms with Crippen LogP contribution in [0.3, 0.4) is 0 Å². The minimum Gasteiger partial charge on any atom is -0.309 e. The Morgan fingerprint density at radius 3 is 1.50 bits per heavy atom. The Morgan fingerprint density at radius 2 is 0.893 bits per heavy atom. The molecule has 3 aromatic heterocycles. The number of aromatic nitrogens is 3. The van der Waals surface area contributed by atoms with Gasteiger partial charge in [-0.25, -0.2) is 0 Å². The van der Waals surface area contributed by atoms with Crippen molar-refractivity contribution in [2.75, 3.05) is 0 Å². The highest BCUT2D eigenvalue weighted by molar-refractivity contribution is 6.12. The van der Waals surface area contributed by atoms with Gasteiger partial charge in [-0.2, -0.15) is 15.8 Å². The molecule has 0 aliphatic carbocycles. The summed E-state index contributed by atoms with van der Waals surface area (Å²) >= 11 is 0.